The fourth-order valence-electron chi connectivity index (χ4n) is 3.89. The number of hydrogen-bond donors (Lipinski definition) is 0. The topological polar surface area (TPSA) is 22.8 Å². The first-order valence-corrected chi connectivity index (χ1v) is 10.1. The fourth-order valence-corrected chi connectivity index (χ4v) is 4.01. The molecule has 0 amide bonds. The molecule has 2 aromatic carbocycles. The van der Waals surface area contributed by atoms with Gasteiger partial charge in [-0.3, -0.25) is 0 Å². The molecular formula is C24H22ClN3. The lowest BCUT2D eigenvalue weighted by molar-refractivity contribution is 0.621. The molecule has 2 aromatic heterocycles. The molecule has 0 aliphatic heterocycles. The summed E-state index contributed by atoms with van der Waals surface area (Å²) in [5.41, 5.74) is 4.97. The van der Waals surface area contributed by atoms with Crippen molar-refractivity contribution in [3.05, 3.63) is 102 Å². The van der Waals surface area contributed by atoms with Gasteiger partial charge in [0.05, 0.1) is 12.4 Å². The van der Waals surface area contributed by atoms with E-state index in [1.54, 1.807) is 0 Å². The quantitative estimate of drug-likeness (QED) is 0.394. The molecule has 1 saturated carbocycles. The minimum atomic E-state index is 0.0785. The predicted octanol–water partition coefficient (Wildman–Crippen LogP) is 6.05. The maximum atomic E-state index is 6.14. The molecule has 1 atom stereocenters. The largest absolute Gasteiger partial charge is 0.353 e. The first kappa shape index (κ1) is 17.3. The summed E-state index contributed by atoms with van der Waals surface area (Å²) >= 11 is 6.14. The summed E-state index contributed by atoms with van der Waals surface area (Å²) in [6, 6.07) is 18.9. The molecule has 0 bridgehead atoms. The van der Waals surface area contributed by atoms with E-state index in [4.69, 9.17) is 11.6 Å². The number of rotatable bonds is 6. The van der Waals surface area contributed by atoms with Gasteiger partial charge in [-0.2, -0.15) is 0 Å². The van der Waals surface area contributed by atoms with E-state index in [1.807, 2.05) is 30.9 Å². The van der Waals surface area contributed by atoms with Crippen LogP contribution < -0.4 is 0 Å². The highest BCUT2D eigenvalue weighted by Gasteiger charge is 2.25. The summed E-state index contributed by atoms with van der Waals surface area (Å²) < 4.78 is 4.55. The molecule has 140 valence electrons. The molecule has 28 heavy (non-hydrogen) atoms. The van der Waals surface area contributed by atoms with Crippen LogP contribution in [0.3, 0.4) is 0 Å². The Morgan fingerprint density at radius 2 is 1.79 bits per heavy atom. The van der Waals surface area contributed by atoms with E-state index < -0.39 is 0 Å². The van der Waals surface area contributed by atoms with Crippen molar-refractivity contribution in [1.82, 2.24) is 14.1 Å². The van der Waals surface area contributed by atoms with Crippen molar-refractivity contribution >= 4 is 11.6 Å². The highest BCUT2D eigenvalue weighted by Crippen LogP contribution is 2.37. The van der Waals surface area contributed by atoms with Crippen LogP contribution in [0, 0.1) is 5.92 Å². The van der Waals surface area contributed by atoms with Crippen LogP contribution in [0.5, 0.6) is 0 Å². The van der Waals surface area contributed by atoms with E-state index in [2.05, 4.69) is 69.0 Å². The molecule has 5 rings (SSSR count). The monoisotopic (exact) mass is 387 g/mol. The number of hydrogen-bond acceptors (Lipinski definition) is 1. The van der Waals surface area contributed by atoms with Crippen LogP contribution in [-0.4, -0.2) is 14.1 Å². The zero-order valence-electron chi connectivity index (χ0n) is 15.6. The first-order valence-electron chi connectivity index (χ1n) is 9.76. The molecule has 4 aromatic rings. The second-order valence-electron chi connectivity index (χ2n) is 7.60. The third kappa shape index (κ3) is 3.50. The predicted molar refractivity (Wildman–Crippen MR) is 114 cm³/mol. The van der Waals surface area contributed by atoms with Crippen molar-refractivity contribution in [2.75, 3.05) is 0 Å². The summed E-state index contributed by atoms with van der Waals surface area (Å²) in [4.78, 5) is 4.31. The zero-order valence-corrected chi connectivity index (χ0v) is 16.3. The fraction of sp³-hybridized carbons (Fsp3) is 0.208. The average Bonchev–Trinajstić information content (AvgIpc) is 3.20. The number of aromatic nitrogens is 3. The molecule has 0 saturated heterocycles. The summed E-state index contributed by atoms with van der Waals surface area (Å²) in [6.07, 6.45) is 13.1. The molecule has 1 aliphatic rings. The normalized spacial score (nSPS) is 14.9. The Morgan fingerprint density at radius 1 is 1.00 bits per heavy atom. The molecule has 1 fully saturated rings. The highest BCUT2D eigenvalue weighted by atomic mass is 35.5. The standard InChI is InChI=1S/C24H22ClN3/c25-21-10-8-19(9-11-21)22-15-27(14-18-6-7-18)16-23(22)24(28-13-12-26-17-28)20-4-2-1-3-5-20/h1-5,8-13,15-18,24H,6-7,14H2. The Balaban J connectivity index is 1.67. The molecule has 4 heteroatoms. The van der Waals surface area contributed by atoms with Crippen LogP contribution in [0.4, 0.5) is 0 Å². The van der Waals surface area contributed by atoms with E-state index in [9.17, 15) is 0 Å². The van der Waals surface area contributed by atoms with Crippen LogP contribution in [0.25, 0.3) is 11.1 Å². The van der Waals surface area contributed by atoms with Crippen molar-refractivity contribution in [3.63, 3.8) is 0 Å². The van der Waals surface area contributed by atoms with Crippen molar-refractivity contribution in [2.24, 2.45) is 5.92 Å². The van der Waals surface area contributed by atoms with Gasteiger partial charge in [-0.25, -0.2) is 4.98 Å². The molecule has 2 heterocycles. The minimum absolute atomic E-state index is 0.0785. The highest BCUT2D eigenvalue weighted by molar-refractivity contribution is 6.30. The summed E-state index contributed by atoms with van der Waals surface area (Å²) in [5, 5.41) is 0.761. The van der Waals surface area contributed by atoms with Gasteiger partial charge in [0.1, 0.15) is 0 Å². The average molecular weight is 388 g/mol. The Morgan fingerprint density at radius 3 is 2.46 bits per heavy atom. The van der Waals surface area contributed by atoms with E-state index in [0.717, 1.165) is 17.5 Å². The summed E-state index contributed by atoms with van der Waals surface area (Å²) in [6.45, 7) is 1.09. The van der Waals surface area contributed by atoms with Gasteiger partial charge in [-0.15, -0.1) is 0 Å². The van der Waals surface area contributed by atoms with E-state index >= 15 is 0 Å². The second-order valence-corrected chi connectivity index (χ2v) is 8.03. The Bertz CT molecular complexity index is 1050. The third-order valence-corrected chi connectivity index (χ3v) is 5.72. The van der Waals surface area contributed by atoms with Crippen LogP contribution in [0.15, 0.2) is 85.7 Å². The van der Waals surface area contributed by atoms with E-state index in [0.29, 0.717) is 0 Å². The lowest BCUT2D eigenvalue weighted by Gasteiger charge is -2.20. The first-order chi connectivity index (χ1) is 13.8. The van der Waals surface area contributed by atoms with Crippen molar-refractivity contribution in [2.45, 2.75) is 25.4 Å². The van der Waals surface area contributed by atoms with Crippen LogP contribution in [-0.2, 0) is 6.54 Å². The molecule has 1 unspecified atom stereocenters. The van der Waals surface area contributed by atoms with Crippen LogP contribution in [0.2, 0.25) is 5.02 Å². The van der Waals surface area contributed by atoms with Gasteiger partial charge in [0.25, 0.3) is 0 Å². The van der Waals surface area contributed by atoms with Gasteiger partial charge >= 0.3 is 0 Å². The second kappa shape index (κ2) is 7.33. The van der Waals surface area contributed by atoms with Gasteiger partial charge in [-0.1, -0.05) is 54.1 Å². The summed E-state index contributed by atoms with van der Waals surface area (Å²) in [5.74, 6) is 0.821. The van der Waals surface area contributed by atoms with Gasteiger partial charge < -0.3 is 9.13 Å². The van der Waals surface area contributed by atoms with Crippen LogP contribution in [0.1, 0.15) is 30.0 Å². The third-order valence-electron chi connectivity index (χ3n) is 5.46. The van der Waals surface area contributed by atoms with Crippen molar-refractivity contribution < 1.29 is 0 Å². The van der Waals surface area contributed by atoms with Crippen LogP contribution >= 0.6 is 11.6 Å². The lowest BCUT2D eigenvalue weighted by atomic mass is 9.94. The number of nitrogens with zero attached hydrogens (tertiary/aromatic N) is 3. The van der Waals surface area contributed by atoms with E-state index in [-0.39, 0.29) is 6.04 Å². The molecular weight excluding hydrogens is 366 g/mol. The molecule has 0 spiro atoms. The van der Waals surface area contributed by atoms with Gasteiger partial charge in [0.15, 0.2) is 0 Å². The molecule has 0 radical (unpaired) electrons. The van der Waals surface area contributed by atoms with Gasteiger partial charge in [0, 0.05) is 47.5 Å². The van der Waals surface area contributed by atoms with Gasteiger partial charge in [-0.05, 0) is 42.0 Å². The lowest BCUT2D eigenvalue weighted by Crippen LogP contribution is -2.11. The minimum Gasteiger partial charge on any atom is -0.353 e. The number of halogens is 1. The molecule has 0 N–H and O–H groups in total. The Kier molecular flexibility index (Phi) is 4.53. The molecule has 3 nitrogen and oxygen atoms in total. The van der Waals surface area contributed by atoms with Gasteiger partial charge in [0.2, 0.25) is 0 Å². The number of benzene rings is 2. The Labute approximate surface area is 170 Å². The smallest absolute Gasteiger partial charge is 0.0954 e. The zero-order chi connectivity index (χ0) is 18.9. The number of imidazole rings is 1. The Hall–Kier alpha value is -2.78. The maximum Gasteiger partial charge on any atom is 0.0954 e. The summed E-state index contributed by atoms with van der Waals surface area (Å²) in [7, 11) is 0. The SMILES string of the molecule is Clc1ccc(-c2cn(CC3CC3)cc2C(c2ccccc2)n2ccnc2)cc1. The maximum absolute atomic E-state index is 6.14. The molecule has 1 aliphatic carbocycles. The van der Waals surface area contributed by atoms with Crippen molar-refractivity contribution in [1.29, 1.82) is 0 Å². The van der Waals surface area contributed by atoms with Crippen molar-refractivity contribution in [3.8, 4) is 11.1 Å². The van der Waals surface area contributed by atoms with E-state index in [1.165, 1.54) is 35.1 Å².